The Balaban J connectivity index is 2.10. The summed E-state index contributed by atoms with van der Waals surface area (Å²) in [6.45, 7) is 4.53. The summed E-state index contributed by atoms with van der Waals surface area (Å²) in [5.41, 5.74) is 7.41. The summed E-state index contributed by atoms with van der Waals surface area (Å²) in [4.78, 5) is 14.3. The monoisotopic (exact) mass is 276 g/mol. The maximum Gasteiger partial charge on any atom is 0.249 e. The van der Waals surface area contributed by atoms with E-state index < -0.39 is 0 Å². The van der Waals surface area contributed by atoms with Crippen molar-refractivity contribution in [2.24, 2.45) is 5.73 Å². The van der Waals surface area contributed by atoms with Crippen molar-refractivity contribution in [3.05, 3.63) is 41.2 Å². The van der Waals surface area contributed by atoms with Crippen LogP contribution in [0, 0.1) is 5.82 Å². The molecule has 2 unspecified atom stereocenters. The fraction of sp³-hybridized carbons (Fsp3) is 0.438. The average molecular weight is 276 g/mol. The van der Waals surface area contributed by atoms with Crippen molar-refractivity contribution in [3.63, 3.8) is 0 Å². The normalized spacial score (nSPS) is 23.8. The van der Waals surface area contributed by atoms with Crippen molar-refractivity contribution >= 4 is 12.0 Å². The van der Waals surface area contributed by atoms with E-state index in [2.05, 4.69) is 0 Å². The molecule has 2 rings (SSSR count). The highest BCUT2D eigenvalue weighted by Gasteiger charge is 2.27. The zero-order valence-corrected chi connectivity index (χ0v) is 12.0. The van der Waals surface area contributed by atoms with Crippen LogP contribution in [-0.4, -0.2) is 29.4 Å². The number of hydrogen-bond acceptors (Lipinski definition) is 2. The van der Waals surface area contributed by atoms with Crippen molar-refractivity contribution < 1.29 is 9.18 Å². The van der Waals surface area contributed by atoms with Gasteiger partial charge in [0.25, 0.3) is 0 Å². The van der Waals surface area contributed by atoms with Crippen molar-refractivity contribution in [3.8, 4) is 0 Å². The van der Waals surface area contributed by atoms with Gasteiger partial charge in [-0.15, -0.1) is 0 Å². The summed E-state index contributed by atoms with van der Waals surface area (Å²) in [5.74, 6) is -0.238. The van der Waals surface area contributed by atoms with Gasteiger partial charge in [0.05, 0.1) is 0 Å². The van der Waals surface area contributed by atoms with Gasteiger partial charge in [0, 0.05) is 24.2 Å². The molecule has 4 heteroatoms. The number of amides is 1. The van der Waals surface area contributed by atoms with Gasteiger partial charge >= 0.3 is 0 Å². The molecule has 2 N–H and O–H groups in total. The fourth-order valence-electron chi connectivity index (χ4n) is 2.61. The van der Waals surface area contributed by atoms with Gasteiger partial charge in [-0.2, -0.15) is 0 Å². The summed E-state index contributed by atoms with van der Waals surface area (Å²) in [6.07, 6.45) is 3.48. The lowest BCUT2D eigenvalue weighted by molar-refractivity contribution is -0.130. The first-order chi connectivity index (χ1) is 9.47. The highest BCUT2D eigenvalue weighted by atomic mass is 19.1. The first-order valence-corrected chi connectivity index (χ1v) is 6.98. The van der Waals surface area contributed by atoms with Gasteiger partial charge in [-0.1, -0.05) is 12.1 Å². The largest absolute Gasteiger partial charge is 0.336 e. The zero-order chi connectivity index (χ0) is 14.7. The number of carbonyl (C=O) groups is 1. The van der Waals surface area contributed by atoms with Gasteiger partial charge in [0.15, 0.2) is 0 Å². The Morgan fingerprint density at radius 2 is 2.05 bits per heavy atom. The minimum atomic E-state index is -0.273. The van der Waals surface area contributed by atoms with Crippen LogP contribution in [0.25, 0.3) is 6.08 Å². The molecule has 0 radical (unpaired) electrons. The number of nitrogens with two attached hydrogens (primary N) is 1. The van der Waals surface area contributed by atoms with Crippen molar-refractivity contribution in [2.45, 2.75) is 38.8 Å². The van der Waals surface area contributed by atoms with Crippen molar-refractivity contribution in [1.82, 2.24) is 4.90 Å². The second-order valence-electron chi connectivity index (χ2n) is 5.51. The Labute approximate surface area is 119 Å². The number of carbonyl (C=O) groups excluding carboxylic acids is 1. The third kappa shape index (κ3) is 3.45. The lowest BCUT2D eigenvalue weighted by Crippen LogP contribution is -2.48. The third-order valence-electron chi connectivity index (χ3n) is 3.77. The van der Waals surface area contributed by atoms with Crippen LogP contribution in [0.15, 0.2) is 29.8 Å². The van der Waals surface area contributed by atoms with Gasteiger partial charge in [0.2, 0.25) is 5.91 Å². The number of rotatable bonds is 2. The molecule has 0 bridgehead atoms. The minimum Gasteiger partial charge on any atom is -0.336 e. The molecule has 1 aromatic carbocycles. The van der Waals surface area contributed by atoms with Crippen LogP contribution in [0.4, 0.5) is 4.39 Å². The quantitative estimate of drug-likeness (QED) is 0.844. The van der Waals surface area contributed by atoms with Gasteiger partial charge in [-0.25, -0.2) is 4.39 Å². The standard InChI is InChI=1S/C16H21FN2O/c1-11(9-13-3-5-14(17)6-4-13)16(20)19-8-7-15(18)10-12(19)2/h3-6,9,12,15H,7-8,10,18H2,1-2H3/b11-9+. The van der Waals surface area contributed by atoms with E-state index in [0.29, 0.717) is 12.1 Å². The molecule has 20 heavy (non-hydrogen) atoms. The van der Waals surface area contributed by atoms with Crippen LogP contribution in [-0.2, 0) is 4.79 Å². The van der Waals surface area contributed by atoms with Crippen LogP contribution in [0.5, 0.6) is 0 Å². The van der Waals surface area contributed by atoms with E-state index in [9.17, 15) is 9.18 Å². The second kappa shape index (κ2) is 6.18. The Hall–Kier alpha value is -1.68. The van der Waals surface area contributed by atoms with E-state index in [-0.39, 0.29) is 23.8 Å². The summed E-state index contributed by atoms with van der Waals surface area (Å²) >= 11 is 0. The average Bonchev–Trinajstić information content (AvgIpc) is 2.40. The summed E-state index contributed by atoms with van der Waals surface area (Å²) in [5, 5.41) is 0. The number of nitrogens with zero attached hydrogens (tertiary/aromatic N) is 1. The third-order valence-corrected chi connectivity index (χ3v) is 3.77. The molecular formula is C16H21FN2O. The number of likely N-dealkylation sites (tertiary alicyclic amines) is 1. The van der Waals surface area contributed by atoms with Gasteiger partial charge in [-0.3, -0.25) is 4.79 Å². The SMILES string of the molecule is C/C(=C\c1ccc(F)cc1)C(=O)N1CCC(N)CC1C. The predicted molar refractivity (Wildman–Crippen MR) is 78.4 cm³/mol. The molecule has 2 atom stereocenters. The van der Waals surface area contributed by atoms with Gasteiger partial charge in [0.1, 0.15) is 5.82 Å². The molecule has 1 aliphatic heterocycles. The molecule has 1 aromatic rings. The van der Waals surface area contributed by atoms with Crippen LogP contribution in [0.2, 0.25) is 0 Å². The first-order valence-electron chi connectivity index (χ1n) is 6.98. The van der Waals surface area contributed by atoms with E-state index in [1.165, 1.54) is 12.1 Å². The van der Waals surface area contributed by atoms with Gasteiger partial charge < -0.3 is 10.6 Å². The summed E-state index contributed by atoms with van der Waals surface area (Å²) in [7, 11) is 0. The van der Waals surface area contributed by atoms with Gasteiger partial charge in [-0.05, 0) is 50.5 Å². The Kier molecular flexibility index (Phi) is 4.55. The van der Waals surface area contributed by atoms with Crippen LogP contribution in [0.1, 0.15) is 32.3 Å². The van der Waals surface area contributed by atoms with E-state index >= 15 is 0 Å². The molecule has 0 aromatic heterocycles. The molecule has 1 saturated heterocycles. The van der Waals surface area contributed by atoms with E-state index in [1.54, 1.807) is 25.1 Å². The summed E-state index contributed by atoms with van der Waals surface area (Å²) in [6, 6.07) is 6.49. The molecule has 1 fully saturated rings. The van der Waals surface area contributed by atoms with E-state index in [0.717, 1.165) is 18.4 Å². The second-order valence-corrected chi connectivity index (χ2v) is 5.51. The predicted octanol–water partition coefficient (Wildman–Crippen LogP) is 2.57. The molecule has 0 aliphatic carbocycles. The highest BCUT2D eigenvalue weighted by Crippen LogP contribution is 2.19. The van der Waals surface area contributed by atoms with E-state index in [4.69, 9.17) is 5.73 Å². The highest BCUT2D eigenvalue weighted by molar-refractivity contribution is 5.97. The first kappa shape index (κ1) is 14.7. The number of benzene rings is 1. The maximum absolute atomic E-state index is 12.9. The molecule has 3 nitrogen and oxygen atoms in total. The molecule has 1 aliphatic rings. The molecular weight excluding hydrogens is 255 g/mol. The van der Waals surface area contributed by atoms with Crippen molar-refractivity contribution in [2.75, 3.05) is 6.54 Å². The zero-order valence-electron chi connectivity index (χ0n) is 12.0. The van der Waals surface area contributed by atoms with Crippen LogP contribution < -0.4 is 5.73 Å². The number of halogens is 1. The van der Waals surface area contributed by atoms with Crippen molar-refractivity contribution in [1.29, 1.82) is 0 Å². The smallest absolute Gasteiger partial charge is 0.249 e. The minimum absolute atomic E-state index is 0.0359. The topological polar surface area (TPSA) is 46.3 Å². The Morgan fingerprint density at radius 1 is 1.40 bits per heavy atom. The van der Waals surface area contributed by atoms with Crippen LogP contribution in [0.3, 0.4) is 0 Å². The molecule has 1 amide bonds. The lowest BCUT2D eigenvalue weighted by atomic mass is 9.98. The molecule has 0 spiro atoms. The Morgan fingerprint density at radius 3 is 2.65 bits per heavy atom. The van der Waals surface area contributed by atoms with Crippen LogP contribution >= 0.6 is 0 Å². The Bertz CT molecular complexity index is 510. The maximum atomic E-state index is 12.9. The molecule has 108 valence electrons. The number of piperidine rings is 1. The molecule has 1 heterocycles. The number of hydrogen-bond donors (Lipinski definition) is 1. The molecule has 0 saturated carbocycles. The summed E-state index contributed by atoms with van der Waals surface area (Å²) < 4.78 is 12.9. The fourth-order valence-corrected chi connectivity index (χ4v) is 2.61. The lowest BCUT2D eigenvalue weighted by Gasteiger charge is -2.36. The van der Waals surface area contributed by atoms with E-state index in [1.807, 2.05) is 11.8 Å².